The van der Waals surface area contributed by atoms with Crippen LogP contribution in [0.15, 0.2) is 35.9 Å². The second-order valence-corrected chi connectivity index (χ2v) is 5.20. The molecule has 1 aromatic rings. The molecule has 0 bridgehead atoms. The van der Waals surface area contributed by atoms with Crippen LogP contribution < -0.4 is 0 Å². The molecule has 1 aliphatic heterocycles. The Morgan fingerprint density at radius 2 is 2.05 bits per heavy atom. The van der Waals surface area contributed by atoms with Gasteiger partial charge in [-0.05, 0) is 30.9 Å². The number of ether oxygens (including phenoxy) is 2. The van der Waals surface area contributed by atoms with Crippen LogP contribution in [0.3, 0.4) is 0 Å². The van der Waals surface area contributed by atoms with Crippen molar-refractivity contribution in [2.45, 2.75) is 51.9 Å². The van der Waals surface area contributed by atoms with Gasteiger partial charge in [-0.15, -0.1) is 0 Å². The highest BCUT2D eigenvalue weighted by molar-refractivity contribution is 5.53. The van der Waals surface area contributed by atoms with Crippen LogP contribution in [0.2, 0.25) is 0 Å². The van der Waals surface area contributed by atoms with Crippen molar-refractivity contribution in [2.75, 3.05) is 6.61 Å². The molecule has 19 heavy (non-hydrogen) atoms. The van der Waals surface area contributed by atoms with E-state index in [-0.39, 0.29) is 12.4 Å². The van der Waals surface area contributed by atoms with Gasteiger partial charge in [0.25, 0.3) is 0 Å². The van der Waals surface area contributed by atoms with Gasteiger partial charge in [-0.25, -0.2) is 0 Å². The summed E-state index contributed by atoms with van der Waals surface area (Å²) in [6, 6.07) is 10.4. The Balaban J connectivity index is 2.07. The predicted octanol–water partition coefficient (Wildman–Crippen LogP) is 4.41. The standard InChI is InChI=1S/C17H24O2/c1-3-4-6-11-16(17-18-13-14(2)19-17)12-15-9-7-5-8-10-15/h5,7-10,12,14,17H,3-4,6,11,13H2,1-2H3/b16-12+. The van der Waals surface area contributed by atoms with Gasteiger partial charge in [-0.3, -0.25) is 0 Å². The molecule has 0 amide bonds. The second kappa shape index (κ2) is 7.46. The van der Waals surface area contributed by atoms with Crippen LogP contribution in [0, 0.1) is 0 Å². The lowest BCUT2D eigenvalue weighted by molar-refractivity contribution is -0.0267. The third-order valence-corrected chi connectivity index (χ3v) is 3.36. The molecule has 0 N–H and O–H groups in total. The largest absolute Gasteiger partial charge is 0.346 e. The van der Waals surface area contributed by atoms with Gasteiger partial charge in [0, 0.05) is 0 Å². The fraction of sp³-hybridized carbons (Fsp3) is 0.529. The summed E-state index contributed by atoms with van der Waals surface area (Å²) >= 11 is 0. The highest BCUT2D eigenvalue weighted by atomic mass is 16.7. The van der Waals surface area contributed by atoms with E-state index in [1.807, 2.05) is 6.07 Å². The lowest BCUT2D eigenvalue weighted by Crippen LogP contribution is -2.13. The summed E-state index contributed by atoms with van der Waals surface area (Å²) in [6.07, 6.45) is 7.03. The van der Waals surface area contributed by atoms with Gasteiger partial charge in [0.2, 0.25) is 0 Å². The summed E-state index contributed by atoms with van der Waals surface area (Å²) in [7, 11) is 0. The lowest BCUT2D eigenvalue weighted by atomic mass is 10.0. The van der Waals surface area contributed by atoms with Crippen molar-refractivity contribution in [1.82, 2.24) is 0 Å². The molecule has 2 atom stereocenters. The topological polar surface area (TPSA) is 18.5 Å². The predicted molar refractivity (Wildman–Crippen MR) is 78.8 cm³/mol. The minimum atomic E-state index is -0.146. The number of rotatable bonds is 6. The number of hydrogen-bond donors (Lipinski definition) is 0. The van der Waals surface area contributed by atoms with Crippen LogP contribution in [0.4, 0.5) is 0 Å². The molecule has 1 aromatic carbocycles. The lowest BCUT2D eigenvalue weighted by Gasteiger charge is -2.15. The van der Waals surface area contributed by atoms with E-state index in [1.54, 1.807) is 0 Å². The highest BCUT2D eigenvalue weighted by Crippen LogP contribution is 2.25. The van der Waals surface area contributed by atoms with E-state index < -0.39 is 0 Å². The molecule has 0 aliphatic carbocycles. The maximum absolute atomic E-state index is 5.84. The Labute approximate surface area is 116 Å². The first-order valence-electron chi connectivity index (χ1n) is 7.32. The summed E-state index contributed by atoms with van der Waals surface area (Å²) in [4.78, 5) is 0. The molecule has 1 heterocycles. The van der Waals surface area contributed by atoms with Crippen molar-refractivity contribution in [3.05, 3.63) is 41.5 Å². The van der Waals surface area contributed by atoms with Crippen molar-refractivity contribution >= 4 is 6.08 Å². The van der Waals surface area contributed by atoms with Gasteiger partial charge in [0.1, 0.15) is 0 Å². The molecule has 0 saturated carbocycles. The van der Waals surface area contributed by atoms with E-state index >= 15 is 0 Å². The maximum atomic E-state index is 5.84. The quantitative estimate of drug-likeness (QED) is 0.705. The van der Waals surface area contributed by atoms with Crippen molar-refractivity contribution < 1.29 is 9.47 Å². The summed E-state index contributed by atoms with van der Waals surface area (Å²) in [5.41, 5.74) is 2.49. The molecule has 0 radical (unpaired) electrons. The van der Waals surface area contributed by atoms with Crippen LogP contribution in [0.5, 0.6) is 0 Å². The zero-order valence-corrected chi connectivity index (χ0v) is 12.0. The maximum Gasteiger partial charge on any atom is 0.180 e. The Morgan fingerprint density at radius 1 is 1.26 bits per heavy atom. The summed E-state index contributed by atoms with van der Waals surface area (Å²) in [5.74, 6) is 0. The Bertz CT molecular complexity index is 397. The Hall–Kier alpha value is -1.12. The normalized spacial score (nSPS) is 23.8. The number of hydrogen-bond acceptors (Lipinski definition) is 2. The molecule has 2 nitrogen and oxygen atoms in total. The molecule has 1 fully saturated rings. The molecular weight excluding hydrogens is 236 g/mol. The SMILES string of the molecule is CCCCC/C(=C\c1ccccc1)C1OCC(C)O1. The van der Waals surface area contributed by atoms with Crippen molar-refractivity contribution in [3.63, 3.8) is 0 Å². The summed E-state index contributed by atoms with van der Waals surface area (Å²) in [6.45, 7) is 4.99. The van der Waals surface area contributed by atoms with Gasteiger partial charge in [0.05, 0.1) is 12.7 Å². The van der Waals surface area contributed by atoms with E-state index in [9.17, 15) is 0 Å². The van der Waals surface area contributed by atoms with E-state index in [2.05, 4.69) is 44.2 Å². The summed E-state index contributed by atoms with van der Waals surface area (Å²) < 4.78 is 11.6. The average Bonchev–Trinajstić information content (AvgIpc) is 2.86. The first kappa shape index (κ1) is 14.3. The minimum absolute atomic E-state index is 0.146. The molecule has 104 valence electrons. The summed E-state index contributed by atoms with van der Waals surface area (Å²) in [5, 5.41) is 0. The van der Waals surface area contributed by atoms with Gasteiger partial charge in [0.15, 0.2) is 6.29 Å². The van der Waals surface area contributed by atoms with Gasteiger partial charge in [-0.2, -0.15) is 0 Å². The van der Waals surface area contributed by atoms with Crippen molar-refractivity contribution in [2.24, 2.45) is 0 Å². The highest BCUT2D eigenvalue weighted by Gasteiger charge is 2.25. The first-order chi connectivity index (χ1) is 9.29. The smallest absolute Gasteiger partial charge is 0.180 e. The number of benzene rings is 1. The zero-order valence-electron chi connectivity index (χ0n) is 12.0. The zero-order chi connectivity index (χ0) is 13.5. The third-order valence-electron chi connectivity index (χ3n) is 3.36. The monoisotopic (exact) mass is 260 g/mol. The van der Waals surface area contributed by atoms with Crippen LogP contribution in [0.1, 0.15) is 45.1 Å². The fourth-order valence-electron chi connectivity index (χ4n) is 2.31. The molecule has 2 rings (SSSR count). The van der Waals surface area contributed by atoms with Gasteiger partial charge in [-0.1, -0.05) is 56.2 Å². The van der Waals surface area contributed by atoms with E-state index in [0.29, 0.717) is 6.61 Å². The number of unbranched alkanes of at least 4 members (excludes halogenated alkanes) is 2. The molecular formula is C17H24O2. The van der Waals surface area contributed by atoms with Gasteiger partial charge < -0.3 is 9.47 Å². The molecule has 0 spiro atoms. The van der Waals surface area contributed by atoms with Crippen molar-refractivity contribution in [1.29, 1.82) is 0 Å². The van der Waals surface area contributed by atoms with Crippen LogP contribution in [0.25, 0.3) is 6.08 Å². The molecule has 2 heteroatoms. The minimum Gasteiger partial charge on any atom is -0.346 e. The van der Waals surface area contributed by atoms with E-state index in [4.69, 9.17) is 9.47 Å². The van der Waals surface area contributed by atoms with E-state index in [1.165, 1.54) is 30.4 Å². The fourth-order valence-corrected chi connectivity index (χ4v) is 2.31. The molecule has 0 aromatic heterocycles. The van der Waals surface area contributed by atoms with Crippen LogP contribution >= 0.6 is 0 Å². The molecule has 1 saturated heterocycles. The van der Waals surface area contributed by atoms with Crippen LogP contribution in [-0.4, -0.2) is 19.0 Å². The van der Waals surface area contributed by atoms with E-state index in [0.717, 1.165) is 6.42 Å². The van der Waals surface area contributed by atoms with Crippen LogP contribution in [-0.2, 0) is 9.47 Å². The second-order valence-electron chi connectivity index (χ2n) is 5.20. The molecule has 2 unspecified atom stereocenters. The molecule has 1 aliphatic rings. The third kappa shape index (κ3) is 4.48. The van der Waals surface area contributed by atoms with Gasteiger partial charge >= 0.3 is 0 Å². The average molecular weight is 260 g/mol. The first-order valence-corrected chi connectivity index (χ1v) is 7.32. The Kier molecular flexibility index (Phi) is 5.62. The Morgan fingerprint density at radius 3 is 2.68 bits per heavy atom. The van der Waals surface area contributed by atoms with Crippen molar-refractivity contribution in [3.8, 4) is 0 Å².